The van der Waals surface area contributed by atoms with Gasteiger partial charge in [0, 0.05) is 24.9 Å². The van der Waals surface area contributed by atoms with Crippen LogP contribution >= 0.6 is 11.3 Å². The van der Waals surface area contributed by atoms with Crippen LogP contribution in [0.25, 0.3) is 10.2 Å². The van der Waals surface area contributed by atoms with Crippen LogP contribution in [0.5, 0.6) is 0 Å². The summed E-state index contributed by atoms with van der Waals surface area (Å²) >= 11 is 1.03. The highest BCUT2D eigenvalue weighted by Crippen LogP contribution is 2.26. The van der Waals surface area contributed by atoms with Crippen molar-refractivity contribution >= 4 is 54.5 Å². The number of nitrogens with zero attached hydrogens (tertiary/aromatic N) is 3. The van der Waals surface area contributed by atoms with Gasteiger partial charge < -0.3 is 9.88 Å². The van der Waals surface area contributed by atoms with Crippen molar-refractivity contribution < 1.29 is 18.1 Å². The lowest BCUT2D eigenvalue weighted by molar-refractivity contribution is -0.384. The first-order chi connectivity index (χ1) is 14.0. The number of carbonyl (C=O) groups is 1. The van der Waals surface area contributed by atoms with E-state index in [1.165, 1.54) is 29.7 Å². The number of sulfonamides is 1. The molecule has 1 N–H and O–H groups in total. The molecular weight excluding hydrogens is 432 g/mol. The Bertz CT molecular complexity index is 1310. The topological polar surface area (TPSA) is 132 Å². The van der Waals surface area contributed by atoms with E-state index in [1.54, 1.807) is 25.2 Å². The van der Waals surface area contributed by atoms with Crippen LogP contribution in [-0.2, 0) is 21.9 Å². The van der Waals surface area contributed by atoms with E-state index in [4.69, 9.17) is 0 Å². The van der Waals surface area contributed by atoms with E-state index in [-0.39, 0.29) is 16.2 Å². The molecule has 1 atom stereocenters. The van der Waals surface area contributed by atoms with Gasteiger partial charge in [-0.3, -0.25) is 24.0 Å². The Morgan fingerprint density at radius 2 is 1.97 bits per heavy atom. The highest BCUT2D eigenvalue weighted by molar-refractivity contribution is 7.92. The Hall–Kier alpha value is -3.25. The summed E-state index contributed by atoms with van der Waals surface area (Å²) in [5, 5.41) is 13.7. The van der Waals surface area contributed by atoms with Gasteiger partial charge >= 0.3 is 4.87 Å². The second-order valence-corrected chi connectivity index (χ2v) is 9.46. The molecule has 0 aliphatic carbocycles. The van der Waals surface area contributed by atoms with Gasteiger partial charge in [0.25, 0.3) is 5.69 Å². The first kappa shape index (κ1) is 21.5. The lowest BCUT2D eigenvalue weighted by Crippen LogP contribution is -2.45. The number of rotatable bonds is 6. The fraction of sp³-hybridized carbons (Fsp3) is 0.222. The number of hydrogen-bond acceptors (Lipinski definition) is 7. The molecule has 0 fully saturated rings. The van der Waals surface area contributed by atoms with Gasteiger partial charge in [0.1, 0.15) is 6.04 Å². The van der Waals surface area contributed by atoms with Gasteiger partial charge in [0.15, 0.2) is 0 Å². The van der Waals surface area contributed by atoms with Crippen LogP contribution in [0.2, 0.25) is 0 Å². The van der Waals surface area contributed by atoms with Crippen molar-refractivity contribution in [3.8, 4) is 0 Å². The molecule has 1 amide bonds. The molecule has 158 valence electrons. The van der Waals surface area contributed by atoms with Crippen molar-refractivity contribution in [3.63, 3.8) is 0 Å². The SMILES string of the molecule is C[C@@H](C(=O)Nc1ccc2c(c1)sc(=O)n2C)N(c1cccc([N+](=O)[O-])c1)S(C)(=O)=O. The molecule has 0 radical (unpaired) electrons. The molecule has 12 heteroatoms. The highest BCUT2D eigenvalue weighted by Gasteiger charge is 2.30. The Balaban J connectivity index is 1.92. The van der Waals surface area contributed by atoms with E-state index in [2.05, 4.69) is 5.32 Å². The fourth-order valence-corrected chi connectivity index (χ4v) is 5.10. The summed E-state index contributed by atoms with van der Waals surface area (Å²) in [4.78, 5) is 34.8. The lowest BCUT2D eigenvalue weighted by Gasteiger charge is -2.28. The number of non-ortho nitro benzene ring substituents is 1. The van der Waals surface area contributed by atoms with Gasteiger partial charge in [-0.05, 0) is 31.2 Å². The molecule has 0 bridgehead atoms. The lowest BCUT2D eigenvalue weighted by atomic mass is 10.2. The van der Waals surface area contributed by atoms with E-state index in [1.807, 2.05) is 0 Å². The van der Waals surface area contributed by atoms with Crippen molar-refractivity contribution in [2.24, 2.45) is 7.05 Å². The maximum atomic E-state index is 12.8. The van der Waals surface area contributed by atoms with Crippen molar-refractivity contribution in [1.82, 2.24) is 4.57 Å². The third-order valence-electron chi connectivity index (χ3n) is 4.44. The minimum absolute atomic E-state index is 0.00563. The molecule has 30 heavy (non-hydrogen) atoms. The smallest absolute Gasteiger partial charge is 0.307 e. The van der Waals surface area contributed by atoms with Crippen LogP contribution in [0.1, 0.15) is 6.92 Å². The zero-order chi connectivity index (χ0) is 22.2. The number of anilines is 2. The van der Waals surface area contributed by atoms with Crippen LogP contribution in [0.4, 0.5) is 17.1 Å². The first-order valence-corrected chi connectivity index (χ1v) is 11.3. The predicted octanol–water partition coefficient (Wildman–Crippen LogP) is 2.30. The largest absolute Gasteiger partial charge is 0.324 e. The van der Waals surface area contributed by atoms with Crippen molar-refractivity contribution in [1.29, 1.82) is 0 Å². The summed E-state index contributed by atoms with van der Waals surface area (Å²) in [5.41, 5.74) is 0.823. The molecule has 3 rings (SSSR count). The third kappa shape index (κ3) is 4.19. The van der Waals surface area contributed by atoms with E-state index < -0.39 is 26.9 Å². The summed E-state index contributed by atoms with van der Waals surface area (Å²) in [6.07, 6.45) is 0.920. The van der Waals surface area contributed by atoms with E-state index >= 15 is 0 Å². The number of nitro groups is 1. The standard InChI is InChI=1S/C18H18N4O6S2/c1-11(21(30(3,27)28)13-5-4-6-14(10-13)22(25)26)17(23)19-12-7-8-15-16(9-12)29-18(24)20(15)2/h4-11H,1-3H3,(H,19,23)/t11-/m0/s1. The van der Waals surface area contributed by atoms with Gasteiger partial charge in [-0.1, -0.05) is 17.4 Å². The maximum absolute atomic E-state index is 12.8. The Kier molecular flexibility index (Phi) is 5.63. The molecule has 3 aromatic rings. The van der Waals surface area contributed by atoms with Crippen LogP contribution < -0.4 is 14.5 Å². The number of nitrogens with one attached hydrogen (secondary N) is 1. The second-order valence-electron chi connectivity index (χ2n) is 6.61. The van der Waals surface area contributed by atoms with E-state index in [0.29, 0.717) is 15.9 Å². The van der Waals surface area contributed by atoms with Gasteiger partial charge in [-0.15, -0.1) is 0 Å². The second kappa shape index (κ2) is 7.88. The Morgan fingerprint density at radius 1 is 1.27 bits per heavy atom. The minimum atomic E-state index is -3.93. The maximum Gasteiger partial charge on any atom is 0.307 e. The van der Waals surface area contributed by atoms with Gasteiger partial charge in [-0.25, -0.2) is 8.42 Å². The summed E-state index contributed by atoms with van der Waals surface area (Å²) in [7, 11) is -2.28. The summed E-state index contributed by atoms with van der Waals surface area (Å²) < 4.78 is 27.7. The third-order valence-corrected chi connectivity index (χ3v) is 6.68. The van der Waals surface area contributed by atoms with Gasteiger partial charge in [0.2, 0.25) is 15.9 Å². The summed E-state index contributed by atoms with van der Waals surface area (Å²) in [5.74, 6) is -0.630. The van der Waals surface area contributed by atoms with Gasteiger partial charge in [-0.2, -0.15) is 0 Å². The molecule has 1 heterocycles. The molecular formula is C18H18N4O6S2. The number of nitro benzene ring substituents is 1. The average molecular weight is 450 g/mol. The number of amides is 1. The monoisotopic (exact) mass is 450 g/mol. The van der Waals surface area contributed by atoms with Crippen molar-refractivity contribution in [3.05, 3.63) is 62.2 Å². The van der Waals surface area contributed by atoms with Crippen molar-refractivity contribution in [2.45, 2.75) is 13.0 Å². The molecule has 0 saturated carbocycles. The fourth-order valence-electron chi connectivity index (χ4n) is 3.01. The normalized spacial score (nSPS) is 12.5. The molecule has 0 saturated heterocycles. The first-order valence-electron chi connectivity index (χ1n) is 8.63. The predicted molar refractivity (Wildman–Crippen MR) is 116 cm³/mol. The Labute approximate surface area is 175 Å². The van der Waals surface area contributed by atoms with E-state index in [0.717, 1.165) is 28.0 Å². The minimum Gasteiger partial charge on any atom is -0.324 e. The number of benzene rings is 2. The number of aromatic nitrogens is 1. The number of carbonyl (C=O) groups excluding carboxylic acids is 1. The van der Waals surface area contributed by atoms with E-state index in [9.17, 15) is 28.1 Å². The highest BCUT2D eigenvalue weighted by atomic mass is 32.2. The molecule has 0 unspecified atom stereocenters. The Morgan fingerprint density at radius 3 is 2.60 bits per heavy atom. The van der Waals surface area contributed by atoms with Gasteiger partial charge in [0.05, 0.1) is 27.1 Å². The zero-order valence-corrected chi connectivity index (χ0v) is 17.9. The average Bonchev–Trinajstić information content (AvgIpc) is 2.94. The zero-order valence-electron chi connectivity index (χ0n) is 16.2. The number of thiazole rings is 1. The van der Waals surface area contributed by atoms with Crippen LogP contribution in [0.3, 0.4) is 0 Å². The number of fused-ring (bicyclic) bond motifs is 1. The molecule has 1 aromatic heterocycles. The molecule has 0 aliphatic rings. The number of aryl methyl sites for hydroxylation is 1. The number of hydrogen-bond donors (Lipinski definition) is 1. The molecule has 0 aliphatic heterocycles. The van der Waals surface area contributed by atoms with Crippen LogP contribution in [0, 0.1) is 10.1 Å². The van der Waals surface area contributed by atoms with Crippen molar-refractivity contribution in [2.75, 3.05) is 15.9 Å². The molecule has 10 nitrogen and oxygen atoms in total. The molecule has 2 aromatic carbocycles. The summed E-state index contributed by atoms with van der Waals surface area (Å²) in [6, 6.07) is 8.79. The van der Waals surface area contributed by atoms with Crippen LogP contribution in [0.15, 0.2) is 47.3 Å². The quantitative estimate of drug-likeness (QED) is 0.453. The summed E-state index contributed by atoms with van der Waals surface area (Å²) in [6.45, 7) is 1.38. The van der Waals surface area contributed by atoms with Crippen LogP contribution in [-0.4, -0.2) is 36.1 Å². The molecule has 0 spiro atoms.